The molecule has 0 spiro atoms. The number of aromatic nitrogens is 4. The van der Waals surface area contributed by atoms with Crippen molar-refractivity contribution >= 4 is 40.3 Å². The molecule has 2 aromatic heterocycles. The number of carbonyl (C=O) groups excluding carboxylic acids is 1. The lowest BCUT2D eigenvalue weighted by molar-refractivity contribution is -0.118. The Hall–Kier alpha value is -2.90. The van der Waals surface area contributed by atoms with Crippen molar-refractivity contribution in [2.75, 3.05) is 24.9 Å². The van der Waals surface area contributed by atoms with E-state index in [9.17, 15) is 22.6 Å². The fourth-order valence-electron chi connectivity index (χ4n) is 2.99. The van der Waals surface area contributed by atoms with E-state index in [1.807, 2.05) is 0 Å². The molecule has 2 heterocycles. The van der Waals surface area contributed by atoms with Crippen molar-refractivity contribution in [1.29, 1.82) is 0 Å². The predicted molar refractivity (Wildman–Crippen MR) is 129 cm³/mol. The van der Waals surface area contributed by atoms with Gasteiger partial charge in [0.15, 0.2) is 21.0 Å². The van der Waals surface area contributed by atoms with E-state index in [1.54, 1.807) is 23.6 Å². The molecular formula is C20H27N6O7PS. The van der Waals surface area contributed by atoms with Crippen LogP contribution < -0.4 is 16.4 Å². The van der Waals surface area contributed by atoms with Crippen LogP contribution >= 0.6 is 7.52 Å². The molecule has 0 saturated heterocycles. The van der Waals surface area contributed by atoms with Gasteiger partial charge in [0.25, 0.3) is 13.1 Å². The van der Waals surface area contributed by atoms with E-state index in [1.165, 1.54) is 25.4 Å². The molecule has 2 atom stereocenters. The number of nitrogen functional groups attached to an aromatic ring is 1. The number of nitrogens with one attached hydrogen (secondary N) is 2. The first-order valence-corrected chi connectivity index (χ1v) is 14.2. The van der Waals surface area contributed by atoms with Crippen LogP contribution in [-0.4, -0.2) is 59.0 Å². The molecule has 2 unspecified atom stereocenters. The number of anilines is 1. The van der Waals surface area contributed by atoms with Crippen LogP contribution in [0.4, 0.5) is 5.95 Å². The average molecular weight is 527 g/mol. The minimum Gasteiger partial charge on any atom is -0.369 e. The van der Waals surface area contributed by atoms with E-state index >= 15 is 0 Å². The molecule has 3 rings (SSSR count). The van der Waals surface area contributed by atoms with E-state index in [-0.39, 0.29) is 53.9 Å². The molecule has 35 heavy (non-hydrogen) atoms. The summed E-state index contributed by atoms with van der Waals surface area (Å²) in [6.45, 7) is 3.14. The fourth-order valence-corrected chi connectivity index (χ4v) is 5.34. The van der Waals surface area contributed by atoms with E-state index in [2.05, 4.69) is 20.0 Å². The molecular weight excluding hydrogens is 499 g/mol. The second-order valence-electron chi connectivity index (χ2n) is 7.92. The van der Waals surface area contributed by atoms with Crippen LogP contribution in [0, 0.1) is 0 Å². The van der Waals surface area contributed by atoms with Crippen molar-refractivity contribution in [3.63, 3.8) is 0 Å². The smallest absolute Gasteiger partial charge is 0.295 e. The number of Topliss-reactive ketones (excluding diaryl/α,β-unsaturated/α-hetero) is 1. The molecule has 0 fully saturated rings. The van der Waals surface area contributed by atoms with Gasteiger partial charge in [0.1, 0.15) is 12.1 Å². The maximum absolute atomic E-state index is 13.4. The Morgan fingerprint density at radius 3 is 2.63 bits per heavy atom. The maximum atomic E-state index is 13.4. The minimum atomic E-state index is -3.64. The van der Waals surface area contributed by atoms with Gasteiger partial charge in [0.05, 0.1) is 30.5 Å². The number of imidazole rings is 1. The Labute approximate surface area is 201 Å². The van der Waals surface area contributed by atoms with Gasteiger partial charge >= 0.3 is 0 Å². The summed E-state index contributed by atoms with van der Waals surface area (Å²) in [6.07, 6.45) is 2.18. The quantitative estimate of drug-likeness (QED) is 0.226. The summed E-state index contributed by atoms with van der Waals surface area (Å²) < 4.78 is 49.4. The van der Waals surface area contributed by atoms with E-state index in [4.69, 9.17) is 15.0 Å². The fraction of sp³-hybridized carbons (Fsp3) is 0.400. The molecule has 0 saturated carbocycles. The van der Waals surface area contributed by atoms with Gasteiger partial charge in [-0.1, -0.05) is 12.1 Å². The first-order chi connectivity index (χ1) is 16.4. The Morgan fingerprint density at radius 2 is 2.00 bits per heavy atom. The molecule has 13 nitrogen and oxygen atoms in total. The number of benzene rings is 1. The highest BCUT2D eigenvalue weighted by atomic mass is 32.2. The normalized spacial score (nSPS) is 14.6. The summed E-state index contributed by atoms with van der Waals surface area (Å²) in [5.74, 6) is -0.278. The lowest BCUT2D eigenvalue weighted by Crippen LogP contribution is -2.32. The molecule has 0 radical (unpaired) electrons. The van der Waals surface area contributed by atoms with Crippen LogP contribution in [0.1, 0.15) is 19.4 Å². The van der Waals surface area contributed by atoms with Crippen LogP contribution in [0.15, 0.2) is 40.3 Å². The zero-order chi connectivity index (χ0) is 25.8. The van der Waals surface area contributed by atoms with Crippen LogP contribution in [0.5, 0.6) is 0 Å². The summed E-state index contributed by atoms with van der Waals surface area (Å²) in [5.41, 5.74) is 6.14. The van der Waals surface area contributed by atoms with Gasteiger partial charge < -0.3 is 19.6 Å². The summed E-state index contributed by atoms with van der Waals surface area (Å²) in [7, 11) is -6.98. The second kappa shape index (κ2) is 10.8. The predicted octanol–water partition coefficient (Wildman–Crippen LogP) is 1.06. The molecule has 1 aromatic carbocycles. The molecule has 0 amide bonds. The van der Waals surface area contributed by atoms with Crippen molar-refractivity contribution in [2.24, 2.45) is 0 Å². The van der Waals surface area contributed by atoms with Gasteiger partial charge in [0.2, 0.25) is 5.95 Å². The standard InChI is InChI=1S/C20H27N6O7PS/c1-13(14(2)27)25-34(29,33-10-15-4-6-16(7-5-15)35(3,30)31)12-32-9-8-26-11-22-17-18(26)23-20(21)24-19(17)28/h4-7,11,13H,8-10,12H2,1-3H3,(H,25,29)(H3,21,23,24,28). The number of nitrogens with two attached hydrogens (primary N) is 1. The first-order valence-electron chi connectivity index (χ1n) is 10.5. The second-order valence-corrected chi connectivity index (χ2v) is 12.1. The molecule has 190 valence electrons. The number of fused-ring (bicyclic) bond motifs is 1. The average Bonchev–Trinajstić information content (AvgIpc) is 3.18. The van der Waals surface area contributed by atoms with Gasteiger partial charge in [-0.15, -0.1) is 0 Å². The Bertz CT molecular complexity index is 1420. The first kappa shape index (κ1) is 26.7. The zero-order valence-electron chi connectivity index (χ0n) is 19.4. The minimum absolute atomic E-state index is 0.0462. The SMILES string of the molecule is CC(=O)C(C)NP(=O)(COCCn1cnc2c(=O)[nH]c(N)nc21)OCc1ccc(S(C)(=O)=O)cc1. The van der Waals surface area contributed by atoms with Crippen molar-refractivity contribution in [3.05, 3.63) is 46.5 Å². The van der Waals surface area contributed by atoms with Crippen LogP contribution in [-0.2, 0) is 41.6 Å². The van der Waals surface area contributed by atoms with Gasteiger partial charge in [0, 0.05) is 12.8 Å². The summed E-state index contributed by atoms with van der Waals surface area (Å²) in [6, 6.07) is 5.24. The van der Waals surface area contributed by atoms with E-state index in [0.29, 0.717) is 5.56 Å². The molecule has 15 heteroatoms. The number of carbonyl (C=O) groups is 1. The van der Waals surface area contributed by atoms with Crippen molar-refractivity contribution in [2.45, 2.75) is 37.9 Å². The number of sulfone groups is 1. The molecule has 0 aliphatic rings. The van der Waals surface area contributed by atoms with E-state index < -0.39 is 29.0 Å². The van der Waals surface area contributed by atoms with Gasteiger partial charge in [-0.2, -0.15) is 4.98 Å². The van der Waals surface area contributed by atoms with Gasteiger partial charge in [-0.3, -0.25) is 19.1 Å². The molecule has 0 bridgehead atoms. The number of rotatable bonds is 12. The Kier molecular flexibility index (Phi) is 8.23. The highest BCUT2D eigenvalue weighted by Gasteiger charge is 2.28. The van der Waals surface area contributed by atoms with Crippen molar-refractivity contribution in [3.8, 4) is 0 Å². The van der Waals surface area contributed by atoms with Crippen LogP contribution in [0.3, 0.4) is 0 Å². The number of aromatic amines is 1. The highest BCUT2D eigenvalue weighted by Crippen LogP contribution is 2.44. The van der Waals surface area contributed by atoms with Crippen molar-refractivity contribution in [1.82, 2.24) is 24.6 Å². The number of ketones is 1. The van der Waals surface area contributed by atoms with Crippen LogP contribution in [0.2, 0.25) is 0 Å². The third-order valence-corrected chi connectivity index (χ3v) is 8.00. The monoisotopic (exact) mass is 526 g/mol. The van der Waals surface area contributed by atoms with E-state index in [0.717, 1.165) is 6.26 Å². The third kappa shape index (κ3) is 7.05. The topological polar surface area (TPSA) is 188 Å². The Balaban J connectivity index is 1.65. The lowest BCUT2D eigenvalue weighted by Gasteiger charge is -2.22. The summed E-state index contributed by atoms with van der Waals surface area (Å²) in [4.78, 5) is 34.2. The number of hydrogen-bond acceptors (Lipinski definition) is 10. The van der Waals surface area contributed by atoms with Crippen molar-refractivity contribution < 1.29 is 27.0 Å². The van der Waals surface area contributed by atoms with Gasteiger partial charge in [-0.25, -0.2) is 18.5 Å². The number of ether oxygens (including phenoxy) is 1. The number of nitrogens with zero attached hydrogens (tertiary/aromatic N) is 3. The molecule has 0 aliphatic heterocycles. The largest absolute Gasteiger partial charge is 0.369 e. The highest BCUT2D eigenvalue weighted by molar-refractivity contribution is 7.90. The maximum Gasteiger partial charge on any atom is 0.295 e. The van der Waals surface area contributed by atoms with Crippen LogP contribution in [0.25, 0.3) is 11.2 Å². The Morgan fingerprint density at radius 1 is 1.31 bits per heavy atom. The molecule has 4 N–H and O–H groups in total. The molecule has 0 aliphatic carbocycles. The number of hydrogen-bond donors (Lipinski definition) is 3. The summed E-state index contributed by atoms with van der Waals surface area (Å²) in [5, 5.41) is 2.71. The lowest BCUT2D eigenvalue weighted by atomic mass is 10.2. The summed E-state index contributed by atoms with van der Waals surface area (Å²) >= 11 is 0. The molecule has 3 aromatic rings. The number of H-pyrrole nitrogens is 1. The van der Waals surface area contributed by atoms with Gasteiger partial charge in [-0.05, 0) is 31.5 Å². The zero-order valence-corrected chi connectivity index (χ0v) is 21.1. The third-order valence-electron chi connectivity index (χ3n) is 5.02.